The summed E-state index contributed by atoms with van der Waals surface area (Å²) in [5, 5.41) is 8.47. The van der Waals surface area contributed by atoms with Gasteiger partial charge in [-0.05, 0) is 19.1 Å². The van der Waals surface area contributed by atoms with Crippen molar-refractivity contribution >= 4 is 17.7 Å². The van der Waals surface area contributed by atoms with Crippen LogP contribution in [0.15, 0.2) is 17.2 Å². The maximum absolute atomic E-state index is 12.4. The zero-order chi connectivity index (χ0) is 12.3. The molecule has 0 radical (unpaired) electrons. The maximum atomic E-state index is 12.4. The van der Waals surface area contributed by atoms with Gasteiger partial charge in [0, 0.05) is 5.69 Å². The van der Waals surface area contributed by atoms with Gasteiger partial charge in [0.05, 0.1) is 16.3 Å². The summed E-state index contributed by atoms with van der Waals surface area (Å²) >= 11 is 0.762. The van der Waals surface area contributed by atoms with Gasteiger partial charge in [-0.1, -0.05) is 11.8 Å². The molecule has 16 heavy (non-hydrogen) atoms. The smallest absolute Gasteiger partial charge is 0.416 e. The summed E-state index contributed by atoms with van der Waals surface area (Å²) in [6.07, 6.45) is -4.44. The zero-order valence-electron chi connectivity index (χ0n) is 8.21. The molecule has 0 aliphatic heterocycles. The van der Waals surface area contributed by atoms with Crippen LogP contribution < -0.4 is 0 Å². The Morgan fingerprint density at radius 2 is 2.12 bits per heavy atom. The van der Waals surface area contributed by atoms with E-state index >= 15 is 0 Å². The van der Waals surface area contributed by atoms with Crippen molar-refractivity contribution in [1.29, 1.82) is 0 Å². The molecule has 1 heterocycles. The number of halogens is 3. The lowest BCUT2D eigenvalue weighted by Gasteiger charge is -2.08. The molecule has 88 valence electrons. The van der Waals surface area contributed by atoms with E-state index in [4.69, 9.17) is 5.11 Å². The Morgan fingerprint density at radius 3 is 2.62 bits per heavy atom. The van der Waals surface area contributed by atoms with Gasteiger partial charge < -0.3 is 5.11 Å². The largest absolute Gasteiger partial charge is 0.481 e. The van der Waals surface area contributed by atoms with E-state index in [0.29, 0.717) is 0 Å². The summed E-state index contributed by atoms with van der Waals surface area (Å²) in [6.45, 7) is 1.43. The van der Waals surface area contributed by atoms with Crippen LogP contribution in [-0.4, -0.2) is 21.8 Å². The molecule has 0 unspecified atom stereocenters. The van der Waals surface area contributed by atoms with E-state index in [9.17, 15) is 18.0 Å². The number of alkyl halides is 3. The quantitative estimate of drug-likeness (QED) is 0.839. The van der Waals surface area contributed by atoms with E-state index in [2.05, 4.69) is 4.98 Å². The second-order valence-electron chi connectivity index (χ2n) is 3.02. The third kappa shape index (κ3) is 3.73. The van der Waals surface area contributed by atoms with E-state index in [1.165, 1.54) is 6.92 Å². The van der Waals surface area contributed by atoms with Crippen molar-refractivity contribution in [1.82, 2.24) is 4.98 Å². The molecular formula is C9H8F3NO2S. The number of aryl methyl sites for hydroxylation is 1. The summed E-state index contributed by atoms with van der Waals surface area (Å²) in [4.78, 5) is 14.1. The zero-order valence-corrected chi connectivity index (χ0v) is 9.02. The average Bonchev–Trinajstić information content (AvgIpc) is 2.12. The van der Waals surface area contributed by atoms with Gasteiger partial charge in [-0.2, -0.15) is 13.2 Å². The van der Waals surface area contributed by atoms with E-state index in [-0.39, 0.29) is 16.5 Å². The molecule has 0 aliphatic carbocycles. The molecule has 0 saturated heterocycles. The molecule has 7 heteroatoms. The second kappa shape index (κ2) is 4.73. The topological polar surface area (TPSA) is 50.2 Å². The van der Waals surface area contributed by atoms with Gasteiger partial charge in [-0.3, -0.25) is 4.79 Å². The monoisotopic (exact) mass is 251 g/mol. The van der Waals surface area contributed by atoms with Crippen molar-refractivity contribution in [2.75, 3.05) is 5.75 Å². The van der Waals surface area contributed by atoms with Gasteiger partial charge in [0.25, 0.3) is 0 Å². The highest BCUT2D eigenvalue weighted by Gasteiger charge is 2.31. The lowest BCUT2D eigenvalue weighted by atomic mass is 10.2. The van der Waals surface area contributed by atoms with Crippen LogP contribution in [0.25, 0.3) is 0 Å². The van der Waals surface area contributed by atoms with Gasteiger partial charge in [-0.25, -0.2) is 4.98 Å². The fourth-order valence-electron chi connectivity index (χ4n) is 1.01. The first kappa shape index (κ1) is 12.8. The normalized spacial score (nSPS) is 11.5. The predicted molar refractivity (Wildman–Crippen MR) is 52.3 cm³/mol. The lowest BCUT2D eigenvalue weighted by molar-refractivity contribution is -0.138. The van der Waals surface area contributed by atoms with Crippen LogP contribution in [-0.2, 0) is 11.0 Å². The Bertz CT molecular complexity index is 406. The Balaban J connectivity index is 2.94. The van der Waals surface area contributed by atoms with E-state index in [0.717, 1.165) is 23.9 Å². The van der Waals surface area contributed by atoms with E-state index < -0.39 is 17.7 Å². The number of aliphatic carboxylic acids is 1. The summed E-state index contributed by atoms with van der Waals surface area (Å²) in [5.74, 6) is -1.41. The van der Waals surface area contributed by atoms with Gasteiger partial charge >= 0.3 is 12.1 Å². The molecule has 0 saturated carbocycles. The van der Waals surface area contributed by atoms with E-state index in [1.54, 1.807) is 0 Å². The molecular weight excluding hydrogens is 243 g/mol. The number of rotatable bonds is 3. The maximum Gasteiger partial charge on any atom is 0.416 e. The molecule has 3 nitrogen and oxygen atoms in total. The minimum atomic E-state index is -4.44. The van der Waals surface area contributed by atoms with Crippen LogP contribution in [0, 0.1) is 6.92 Å². The first-order valence-corrected chi connectivity index (χ1v) is 5.18. The van der Waals surface area contributed by atoms with Crippen LogP contribution in [0.2, 0.25) is 0 Å². The number of nitrogens with zero attached hydrogens (tertiary/aromatic N) is 1. The molecule has 1 rings (SSSR count). The molecule has 0 spiro atoms. The molecule has 1 aromatic rings. The minimum Gasteiger partial charge on any atom is -0.481 e. The first-order valence-electron chi connectivity index (χ1n) is 4.19. The van der Waals surface area contributed by atoms with Crippen LogP contribution in [0.3, 0.4) is 0 Å². The highest BCUT2D eigenvalue weighted by molar-refractivity contribution is 7.99. The van der Waals surface area contributed by atoms with Gasteiger partial charge in [0.15, 0.2) is 0 Å². The molecule has 0 bridgehead atoms. The minimum absolute atomic E-state index is 0.0646. The van der Waals surface area contributed by atoms with Crippen LogP contribution >= 0.6 is 11.8 Å². The molecule has 0 aliphatic rings. The SMILES string of the molecule is Cc1cc(C(F)(F)F)cc(SCC(=O)O)n1. The average molecular weight is 251 g/mol. The van der Waals surface area contributed by atoms with Gasteiger partial charge in [-0.15, -0.1) is 0 Å². The summed E-state index contributed by atoms with van der Waals surface area (Å²) in [6, 6.07) is 1.77. The van der Waals surface area contributed by atoms with Gasteiger partial charge in [0.2, 0.25) is 0 Å². The molecule has 0 aromatic carbocycles. The third-order valence-corrected chi connectivity index (χ3v) is 2.50. The molecule has 1 aromatic heterocycles. The summed E-state index contributed by atoms with van der Waals surface area (Å²) in [5.41, 5.74) is -0.601. The third-order valence-electron chi connectivity index (χ3n) is 1.60. The van der Waals surface area contributed by atoms with Crippen LogP contribution in [0.1, 0.15) is 11.3 Å². The van der Waals surface area contributed by atoms with Crippen molar-refractivity contribution in [3.8, 4) is 0 Å². The predicted octanol–water partition coefficient (Wildman–Crippen LogP) is 2.59. The first-order chi connectivity index (χ1) is 7.29. The number of carboxylic acid groups (broad SMARTS) is 1. The van der Waals surface area contributed by atoms with Crippen molar-refractivity contribution in [2.45, 2.75) is 18.1 Å². The fraction of sp³-hybridized carbons (Fsp3) is 0.333. The molecule has 1 N–H and O–H groups in total. The van der Waals surface area contributed by atoms with Crippen molar-refractivity contribution < 1.29 is 23.1 Å². The van der Waals surface area contributed by atoms with Crippen molar-refractivity contribution in [3.63, 3.8) is 0 Å². The Labute approximate surface area is 93.7 Å². The second-order valence-corrected chi connectivity index (χ2v) is 4.01. The molecule has 0 atom stereocenters. The van der Waals surface area contributed by atoms with Crippen molar-refractivity contribution in [2.24, 2.45) is 0 Å². The highest BCUT2D eigenvalue weighted by atomic mass is 32.2. The number of thioether (sulfide) groups is 1. The summed E-state index contributed by atoms with van der Waals surface area (Å²) in [7, 11) is 0. The summed E-state index contributed by atoms with van der Waals surface area (Å²) < 4.78 is 37.2. The van der Waals surface area contributed by atoms with Crippen LogP contribution in [0.4, 0.5) is 13.2 Å². The standard InChI is InChI=1S/C9H8F3NO2S/c1-5-2-6(9(10,11)12)3-7(13-5)16-4-8(14)15/h2-3H,4H2,1H3,(H,14,15). The van der Waals surface area contributed by atoms with Gasteiger partial charge in [0.1, 0.15) is 0 Å². The highest BCUT2D eigenvalue weighted by Crippen LogP contribution is 2.31. The molecule has 0 amide bonds. The van der Waals surface area contributed by atoms with Crippen molar-refractivity contribution in [3.05, 3.63) is 23.4 Å². The number of hydrogen-bond acceptors (Lipinski definition) is 3. The van der Waals surface area contributed by atoms with Crippen LogP contribution in [0.5, 0.6) is 0 Å². The van der Waals surface area contributed by atoms with E-state index in [1.807, 2.05) is 0 Å². The Kier molecular flexibility index (Phi) is 3.79. The Morgan fingerprint density at radius 1 is 1.50 bits per heavy atom. The number of carboxylic acids is 1. The lowest BCUT2D eigenvalue weighted by Crippen LogP contribution is -2.07. The Hall–Kier alpha value is -1.24. The number of carbonyl (C=O) groups is 1. The fourth-order valence-corrected chi connectivity index (χ4v) is 1.70. The number of aromatic nitrogens is 1. The molecule has 0 fully saturated rings. The number of pyridine rings is 1. The number of hydrogen-bond donors (Lipinski definition) is 1.